The van der Waals surface area contributed by atoms with Gasteiger partial charge in [-0.25, -0.2) is 0 Å². The highest BCUT2D eigenvalue weighted by Crippen LogP contribution is 2.19. The number of nitrogens with one attached hydrogen (secondary N) is 1. The Balaban J connectivity index is 1.83. The van der Waals surface area contributed by atoms with Crippen LogP contribution in [0.2, 0.25) is 0 Å². The lowest BCUT2D eigenvalue weighted by Gasteiger charge is -2.34. The van der Waals surface area contributed by atoms with Crippen molar-refractivity contribution in [1.82, 2.24) is 15.1 Å². The summed E-state index contributed by atoms with van der Waals surface area (Å²) in [6.45, 7) is 7.62. The molecule has 0 aromatic carbocycles. The molecular formula is C19H34N4O3. The van der Waals surface area contributed by atoms with Gasteiger partial charge in [0.25, 0.3) is 0 Å². The Morgan fingerprint density at radius 1 is 1.35 bits per heavy atom. The summed E-state index contributed by atoms with van der Waals surface area (Å²) in [6.07, 6.45) is 5.39. The standard InChI is InChI=1S/C19H34N4O3/c1-4-16(23-13-7-9-17(23)24)10-11-21-19(20-3)22-12-6-8-15(14-22)18(25)26-5-2/h15-16H,4-14H2,1-3H3,(H,20,21). The van der Waals surface area contributed by atoms with E-state index >= 15 is 0 Å². The number of ether oxygens (including phenoxy) is 1. The summed E-state index contributed by atoms with van der Waals surface area (Å²) < 4.78 is 5.17. The van der Waals surface area contributed by atoms with Crippen molar-refractivity contribution < 1.29 is 14.3 Å². The summed E-state index contributed by atoms with van der Waals surface area (Å²) in [5.41, 5.74) is 0. The SMILES string of the molecule is CCOC(=O)C1CCCN(C(=NC)NCCC(CC)N2CCCC2=O)C1. The van der Waals surface area contributed by atoms with Crippen LogP contribution in [0.25, 0.3) is 0 Å². The van der Waals surface area contributed by atoms with Gasteiger partial charge < -0.3 is 19.9 Å². The van der Waals surface area contributed by atoms with Crippen LogP contribution in [0.3, 0.4) is 0 Å². The Morgan fingerprint density at radius 3 is 2.77 bits per heavy atom. The van der Waals surface area contributed by atoms with Crippen molar-refractivity contribution >= 4 is 17.8 Å². The Labute approximate surface area is 157 Å². The summed E-state index contributed by atoms with van der Waals surface area (Å²) >= 11 is 0. The number of guanidine groups is 1. The monoisotopic (exact) mass is 366 g/mol. The number of esters is 1. The zero-order valence-corrected chi connectivity index (χ0v) is 16.5. The largest absolute Gasteiger partial charge is 0.466 e. The van der Waals surface area contributed by atoms with E-state index in [0.29, 0.717) is 25.6 Å². The lowest BCUT2D eigenvalue weighted by molar-refractivity contribution is -0.149. The number of nitrogens with zero attached hydrogens (tertiary/aromatic N) is 3. The second-order valence-electron chi connectivity index (χ2n) is 7.05. The number of rotatable bonds is 7. The third-order valence-electron chi connectivity index (χ3n) is 5.34. The molecule has 0 aromatic heterocycles. The molecule has 1 amide bonds. The van der Waals surface area contributed by atoms with Gasteiger partial charge in [0.15, 0.2) is 5.96 Å². The van der Waals surface area contributed by atoms with Gasteiger partial charge in [0.1, 0.15) is 0 Å². The summed E-state index contributed by atoms with van der Waals surface area (Å²) in [5.74, 6) is 0.940. The molecule has 0 bridgehead atoms. The lowest BCUT2D eigenvalue weighted by Crippen LogP contribution is -2.49. The number of hydrogen-bond acceptors (Lipinski definition) is 4. The summed E-state index contributed by atoms with van der Waals surface area (Å²) in [5, 5.41) is 3.42. The van der Waals surface area contributed by atoms with Gasteiger partial charge >= 0.3 is 5.97 Å². The predicted molar refractivity (Wildman–Crippen MR) is 102 cm³/mol. The molecule has 2 aliphatic rings. The van der Waals surface area contributed by atoms with Gasteiger partial charge in [-0.1, -0.05) is 6.92 Å². The highest BCUT2D eigenvalue weighted by atomic mass is 16.5. The predicted octanol–water partition coefficient (Wildman–Crippen LogP) is 1.63. The topological polar surface area (TPSA) is 74.2 Å². The van der Waals surface area contributed by atoms with E-state index in [1.165, 1.54) is 0 Å². The van der Waals surface area contributed by atoms with Crippen LogP contribution in [0.1, 0.15) is 52.4 Å². The number of carbonyl (C=O) groups excluding carboxylic acids is 2. The van der Waals surface area contributed by atoms with Gasteiger partial charge in [-0.3, -0.25) is 14.6 Å². The first-order valence-corrected chi connectivity index (χ1v) is 10.0. The molecular weight excluding hydrogens is 332 g/mol. The zero-order chi connectivity index (χ0) is 18.9. The molecule has 0 spiro atoms. The van der Waals surface area contributed by atoms with Crippen molar-refractivity contribution in [2.45, 2.75) is 58.4 Å². The van der Waals surface area contributed by atoms with Crippen molar-refractivity contribution in [3.05, 3.63) is 0 Å². The van der Waals surface area contributed by atoms with Crippen LogP contribution < -0.4 is 5.32 Å². The molecule has 2 saturated heterocycles. The molecule has 2 unspecified atom stereocenters. The van der Waals surface area contributed by atoms with E-state index < -0.39 is 0 Å². The molecule has 0 aliphatic carbocycles. The number of aliphatic imine (C=N–C) groups is 1. The van der Waals surface area contributed by atoms with E-state index in [9.17, 15) is 9.59 Å². The lowest BCUT2D eigenvalue weighted by atomic mass is 9.98. The highest BCUT2D eigenvalue weighted by molar-refractivity contribution is 5.81. The number of amides is 1. The van der Waals surface area contributed by atoms with E-state index in [0.717, 1.165) is 57.7 Å². The Kier molecular flexibility index (Phi) is 8.19. The smallest absolute Gasteiger partial charge is 0.310 e. The molecule has 0 aromatic rings. The molecule has 26 heavy (non-hydrogen) atoms. The molecule has 1 N–H and O–H groups in total. The average molecular weight is 367 g/mol. The van der Waals surface area contributed by atoms with Crippen molar-refractivity contribution in [2.24, 2.45) is 10.9 Å². The summed E-state index contributed by atoms with van der Waals surface area (Å²) in [7, 11) is 1.78. The van der Waals surface area contributed by atoms with Gasteiger partial charge in [-0.15, -0.1) is 0 Å². The third kappa shape index (κ3) is 5.35. The van der Waals surface area contributed by atoms with Gasteiger partial charge in [-0.05, 0) is 39.0 Å². The second-order valence-corrected chi connectivity index (χ2v) is 7.05. The van der Waals surface area contributed by atoms with Crippen LogP contribution in [0.4, 0.5) is 0 Å². The molecule has 0 radical (unpaired) electrons. The van der Waals surface area contributed by atoms with Crippen molar-refractivity contribution in [1.29, 1.82) is 0 Å². The fourth-order valence-corrected chi connectivity index (χ4v) is 3.94. The van der Waals surface area contributed by atoms with Crippen molar-refractivity contribution in [3.63, 3.8) is 0 Å². The average Bonchev–Trinajstić information content (AvgIpc) is 3.08. The number of carbonyl (C=O) groups is 2. The quantitative estimate of drug-likeness (QED) is 0.421. The fourth-order valence-electron chi connectivity index (χ4n) is 3.94. The molecule has 7 nitrogen and oxygen atoms in total. The molecule has 2 aliphatic heterocycles. The molecule has 2 heterocycles. The molecule has 2 atom stereocenters. The molecule has 0 saturated carbocycles. The van der Waals surface area contributed by atoms with Gasteiger partial charge in [0, 0.05) is 45.7 Å². The van der Waals surface area contributed by atoms with Crippen LogP contribution in [-0.2, 0) is 14.3 Å². The first kappa shape index (κ1) is 20.5. The Hall–Kier alpha value is -1.79. The minimum absolute atomic E-state index is 0.0761. The summed E-state index contributed by atoms with van der Waals surface area (Å²) in [4.78, 5) is 32.5. The zero-order valence-electron chi connectivity index (χ0n) is 16.5. The molecule has 7 heteroatoms. The minimum atomic E-state index is -0.105. The first-order chi connectivity index (χ1) is 12.6. The second kappa shape index (κ2) is 10.4. The van der Waals surface area contributed by atoms with E-state index in [2.05, 4.69) is 22.1 Å². The van der Waals surface area contributed by atoms with E-state index in [4.69, 9.17) is 4.74 Å². The number of hydrogen-bond donors (Lipinski definition) is 1. The molecule has 2 rings (SSSR count). The van der Waals surface area contributed by atoms with Crippen LogP contribution in [0.15, 0.2) is 4.99 Å². The van der Waals surface area contributed by atoms with Gasteiger partial charge in [-0.2, -0.15) is 0 Å². The van der Waals surface area contributed by atoms with Crippen LogP contribution in [0.5, 0.6) is 0 Å². The number of likely N-dealkylation sites (tertiary alicyclic amines) is 2. The van der Waals surface area contributed by atoms with Gasteiger partial charge in [0.05, 0.1) is 12.5 Å². The van der Waals surface area contributed by atoms with Crippen LogP contribution >= 0.6 is 0 Å². The van der Waals surface area contributed by atoms with E-state index in [1.54, 1.807) is 7.05 Å². The Morgan fingerprint density at radius 2 is 2.15 bits per heavy atom. The Bertz CT molecular complexity index is 509. The van der Waals surface area contributed by atoms with Gasteiger partial charge in [0.2, 0.25) is 5.91 Å². The van der Waals surface area contributed by atoms with E-state index in [-0.39, 0.29) is 17.8 Å². The normalized spacial score (nSPS) is 22.5. The summed E-state index contributed by atoms with van der Waals surface area (Å²) in [6, 6.07) is 0.296. The third-order valence-corrected chi connectivity index (χ3v) is 5.34. The molecule has 148 valence electrons. The highest BCUT2D eigenvalue weighted by Gasteiger charge is 2.29. The maximum absolute atomic E-state index is 12.0. The fraction of sp³-hybridized carbons (Fsp3) is 0.842. The van der Waals surface area contributed by atoms with E-state index in [1.807, 2.05) is 11.8 Å². The van der Waals surface area contributed by atoms with Crippen LogP contribution in [-0.4, -0.2) is 73.5 Å². The first-order valence-electron chi connectivity index (χ1n) is 10.0. The maximum atomic E-state index is 12.0. The van der Waals surface area contributed by atoms with Crippen molar-refractivity contribution in [3.8, 4) is 0 Å². The minimum Gasteiger partial charge on any atom is -0.466 e. The van der Waals surface area contributed by atoms with Crippen molar-refractivity contribution in [2.75, 3.05) is 39.8 Å². The number of piperidine rings is 1. The van der Waals surface area contributed by atoms with Crippen LogP contribution in [0, 0.1) is 5.92 Å². The molecule has 2 fully saturated rings. The maximum Gasteiger partial charge on any atom is 0.310 e.